The molecule has 2 N–H and O–H groups in total. The van der Waals surface area contributed by atoms with E-state index in [2.05, 4.69) is 15.5 Å². The van der Waals surface area contributed by atoms with Gasteiger partial charge in [0.2, 0.25) is 0 Å². The van der Waals surface area contributed by atoms with Crippen molar-refractivity contribution in [1.82, 2.24) is 15.5 Å². The second-order valence-corrected chi connectivity index (χ2v) is 4.27. The number of carboxylic acids is 1. The van der Waals surface area contributed by atoms with Crippen LogP contribution in [0.3, 0.4) is 0 Å². The summed E-state index contributed by atoms with van der Waals surface area (Å²) in [5.41, 5.74) is 1.71. The van der Waals surface area contributed by atoms with E-state index in [0.29, 0.717) is 29.9 Å². The molecule has 1 aromatic rings. The zero-order valence-electron chi connectivity index (χ0n) is 10.7. The molecule has 0 aliphatic rings. The number of amides is 1. The summed E-state index contributed by atoms with van der Waals surface area (Å²) >= 11 is 0. The lowest BCUT2D eigenvalue weighted by atomic mass is 10.1. The predicted molar refractivity (Wildman–Crippen MR) is 65.3 cm³/mol. The number of aliphatic carboxylic acids is 1. The highest BCUT2D eigenvalue weighted by molar-refractivity contribution is 5.95. The SMILES string of the molecule is Cc1cc(C(=O)NCCC(C)C(=O)O)c(C)nn1. The summed E-state index contributed by atoms with van der Waals surface area (Å²) < 4.78 is 0. The monoisotopic (exact) mass is 251 g/mol. The Hall–Kier alpha value is -1.98. The normalized spacial score (nSPS) is 11.9. The van der Waals surface area contributed by atoms with Crippen LogP contribution in [0, 0.1) is 19.8 Å². The van der Waals surface area contributed by atoms with Crippen LogP contribution in [0.1, 0.15) is 35.1 Å². The molecular weight excluding hydrogens is 234 g/mol. The van der Waals surface area contributed by atoms with E-state index in [1.54, 1.807) is 26.8 Å². The summed E-state index contributed by atoms with van der Waals surface area (Å²) in [5, 5.41) is 19.1. The van der Waals surface area contributed by atoms with Gasteiger partial charge in [0.25, 0.3) is 5.91 Å². The molecule has 6 heteroatoms. The van der Waals surface area contributed by atoms with E-state index >= 15 is 0 Å². The minimum Gasteiger partial charge on any atom is -0.481 e. The van der Waals surface area contributed by atoms with Gasteiger partial charge in [0.1, 0.15) is 0 Å². The Morgan fingerprint density at radius 3 is 2.67 bits per heavy atom. The van der Waals surface area contributed by atoms with Crippen molar-refractivity contribution in [2.45, 2.75) is 27.2 Å². The number of nitrogens with zero attached hydrogens (tertiary/aromatic N) is 2. The van der Waals surface area contributed by atoms with E-state index in [9.17, 15) is 9.59 Å². The number of carboxylic acid groups (broad SMARTS) is 1. The maximum absolute atomic E-state index is 11.8. The minimum absolute atomic E-state index is 0.247. The van der Waals surface area contributed by atoms with Gasteiger partial charge in [0, 0.05) is 6.54 Å². The predicted octanol–water partition coefficient (Wildman–Crippen LogP) is 0.934. The first-order valence-corrected chi connectivity index (χ1v) is 5.73. The molecule has 0 saturated heterocycles. The lowest BCUT2D eigenvalue weighted by Gasteiger charge is -2.09. The van der Waals surface area contributed by atoms with Gasteiger partial charge in [-0.05, 0) is 26.3 Å². The highest BCUT2D eigenvalue weighted by atomic mass is 16.4. The molecule has 0 aliphatic carbocycles. The van der Waals surface area contributed by atoms with Crippen LogP contribution >= 0.6 is 0 Å². The molecule has 1 amide bonds. The Labute approximate surface area is 105 Å². The fourth-order valence-electron chi connectivity index (χ4n) is 1.40. The largest absolute Gasteiger partial charge is 0.481 e. The first kappa shape index (κ1) is 14.1. The number of aryl methyl sites for hydroxylation is 2. The van der Waals surface area contributed by atoms with Crippen LogP contribution in [0.4, 0.5) is 0 Å². The highest BCUT2D eigenvalue weighted by Gasteiger charge is 2.13. The summed E-state index contributed by atoms with van der Waals surface area (Å²) in [4.78, 5) is 22.5. The van der Waals surface area contributed by atoms with E-state index in [1.807, 2.05) is 0 Å². The quantitative estimate of drug-likeness (QED) is 0.812. The highest BCUT2D eigenvalue weighted by Crippen LogP contribution is 2.06. The molecule has 0 aliphatic heterocycles. The van der Waals surface area contributed by atoms with Gasteiger partial charge < -0.3 is 10.4 Å². The lowest BCUT2D eigenvalue weighted by Crippen LogP contribution is -2.28. The molecule has 0 fully saturated rings. The van der Waals surface area contributed by atoms with E-state index in [1.165, 1.54) is 0 Å². The zero-order chi connectivity index (χ0) is 13.7. The Morgan fingerprint density at radius 2 is 2.06 bits per heavy atom. The van der Waals surface area contributed by atoms with Crippen LogP contribution in [0.2, 0.25) is 0 Å². The number of carbonyl (C=O) groups excluding carboxylic acids is 1. The van der Waals surface area contributed by atoms with E-state index in [4.69, 9.17) is 5.11 Å². The fraction of sp³-hybridized carbons (Fsp3) is 0.500. The molecule has 0 spiro atoms. The molecule has 1 aromatic heterocycles. The van der Waals surface area contributed by atoms with E-state index < -0.39 is 11.9 Å². The maximum atomic E-state index is 11.8. The number of hydrogen-bond donors (Lipinski definition) is 2. The molecule has 0 saturated carbocycles. The Balaban J connectivity index is 2.55. The van der Waals surface area contributed by atoms with Gasteiger partial charge in [0.15, 0.2) is 0 Å². The smallest absolute Gasteiger partial charge is 0.306 e. The Morgan fingerprint density at radius 1 is 1.39 bits per heavy atom. The van der Waals surface area contributed by atoms with Crippen LogP contribution in [0.5, 0.6) is 0 Å². The number of rotatable bonds is 5. The van der Waals surface area contributed by atoms with Gasteiger partial charge in [-0.25, -0.2) is 0 Å². The third kappa shape index (κ3) is 3.80. The first-order valence-electron chi connectivity index (χ1n) is 5.73. The van der Waals surface area contributed by atoms with Crippen molar-refractivity contribution in [1.29, 1.82) is 0 Å². The molecule has 1 unspecified atom stereocenters. The topological polar surface area (TPSA) is 92.2 Å². The number of nitrogens with one attached hydrogen (secondary N) is 1. The fourth-order valence-corrected chi connectivity index (χ4v) is 1.40. The summed E-state index contributed by atoms with van der Waals surface area (Å²) in [6, 6.07) is 1.66. The van der Waals surface area contributed by atoms with Crippen molar-refractivity contribution >= 4 is 11.9 Å². The molecule has 18 heavy (non-hydrogen) atoms. The maximum Gasteiger partial charge on any atom is 0.306 e. The minimum atomic E-state index is -0.859. The van der Waals surface area contributed by atoms with Gasteiger partial charge >= 0.3 is 5.97 Å². The van der Waals surface area contributed by atoms with Crippen LogP contribution in [-0.2, 0) is 4.79 Å². The number of hydrogen-bond acceptors (Lipinski definition) is 4. The molecule has 98 valence electrons. The summed E-state index contributed by atoms with van der Waals surface area (Å²) in [5.74, 6) is -1.58. The van der Waals surface area contributed by atoms with Crippen molar-refractivity contribution in [3.05, 3.63) is 23.0 Å². The first-order chi connectivity index (χ1) is 8.41. The van der Waals surface area contributed by atoms with Crippen LogP contribution < -0.4 is 5.32 Å². The van der Waals surface area contributed by atoms with E-state index in [-0.39, 0.29) is 5.91 Å². The third-order valence-corrected chi connectivity index (χ3v) is 2.63. The number of aromatic nitrogens is 2. The summed E-state index contributed by atoms with van der Waals surface area (Å²) in [7, 11) is 0. The molecule has 1 heterocycles. The number of carbonyl (C=O) groups is 2. The van der Waals surface area contributed by atoms with Crippen molar-refractivity contribution in [2.75, 3.05) is 6.54 Å². The standard InChI is InChI=1S/C12H17N3O3/c1-7(12(17)18)4-5-13-11(16)10-6-8(2)14-15-9(10)3/h6-7H,4-5H2,1-3H3,(H,13,16)(H,17,18). The van der Waals surface area contributed by atoms with Crippen molar-refractivity contribution in [2.24, 2.45) is 5.92 Å². The molecule has 0 aromatic carbocycles. The van der Waals surface area contributed by atoms with Crippen molar-refractivity contribution < 1.29 is 14.7 Å². The molecule has 1 rings (SSSR count). The van der Waals surface area contributed by atoms with Gasteiger partial charge in [-0.1, -0.05) is 6.92 Å². The Bertz CT molecular complexity index is 460. The van der Waals surface area contributed by atoms with E-state index in [0.717, 1.165) is 0 Å². The van der Waals surface area contributed by atoms with Gasteiger partial charge in [-0.15, -0.1) is 0 Å². The second-order valence-electron chi connectivity index (χ2n) is 4.27. The molecule has 0 bridgehead atoms. The average molecular weight is 251 g/mol. The van der Waals surface area contributed by atoms with Gasteiger partial charge in [-0.3, -0.25) is 9.59 Å². The van der Waals surface area contributed by atoms with Crippen LogP contribution in [0.15, 0.2) is 6.07 Å². The molecule has 6 nitrogen and oxygen atoms in total. The molecule has 1 atom stereocenters. The van der Waals surface area contributed by atoms with Gasteiger partial charge in [-0.2, -0.15) is 10.2 Å². The molecule has 0 radical (unpaired) electrons. The zero-order valence-corrected chi connectivity index (χ0v) is 10.7. The van der Waals surface area contributed by atoms with Gasteiger partial charge in [0.05, 0.1) is 22.9 Å². The summed E-state index contributed by atoms with van der Waals surface area (Å²) in [6.07, 6.45) is 0.400. The average Bonchev–Trinajstić information content (AvgIpc) is 2.31. The summed E-state index contributed by atoms with van der Waals surface area (Å²) in [6.45, 7) is 5.40. The molecular formula is C12H17N3O3. The third-order valence-electron chi connectivity index (χ3n) is 2.63. The van der Waals surface area contributed by atoms with Crippen molar-refractivity contribution in [3.8, 4) is 0 Å². The second kappa shape index (κ2) is 6.09. The van der Waals surface area contributed by atoms with Crippen molar-refractivity contribution in [3.63, 3.8) is 0 Å². The lowest BCUT2D eigenvalue weighted by molar-refractivity contribution is -0.141. The van der Waals surface area contributed by atoms with Crippen LogP contribution in [0.25, 0.3) is 0 Å². The Kier molecular flexibility index (Phi) is 4.76. The van der Waals surface area contributed by atoms with Crippen LogP contribution in [-0.4, -0.2) is 33.7 Å².